The zero-order valence-electron chi connectivity index (χ0n) is 15.2. The average molecular weight is 342 g/mol. The van der Waals surface area contributed by atoms with Crippen molar-refractivity contribution in [2.75, 3.05) is 6.54 Å². The van der Waals surface area contributed by atoms with Gasteiger partial charge in [0.05, 0.1) is 22.8 Å². The molecule has 6 nitrogen and oxygen atoms in total. The molecular formula is C18H23BN2O4. The Morgan fingerprint density at radius 1 is 1.32 bits per heavy atom. The molecule has 0 bridgehead atoms. The molecule has 0 aliphatic carbocycles. The first-order valence-electron chi connectivity index (χ1n) is 8.09. The molecule has 2 rings (SSSR count). The summed E-state index contributed by atoms with van der Waals surface area (Å²) in [6, 6.07) is 6.62. The third kappa shape index (κ3) is 4.22. The van der Waals surface area contributed by atoms with Gasteiger partial charge in [-0.3, -0.25) is 4.79 Å². The minimum absolute atomic E-state index is 0.0378. The number of nitriles is 1. The van der Waals surface area contributed by atoms with Crippen molar-refractivity contribution >= 4 is 19.1 Å². The highest BCUT2D eigenvalue weighted by Crippen LogP contribution is 2.39. The Morgan fingerprint density at radius 2 is 1.92 bits per heavy atom. The Bertz CT molecular complexity index is 734. The van der Waals surface area contributed by atoms with Gasteiger partial charge in [-0.05, 0) is 51.4 Å². The van der Waals surface area contributed by atoms with Gasteiger partial charge >= 0.3 is 7.12 Å². The molecule has 0 spiro atoms. The van der Waals surface area contributed by atoms with E-state index in [0.29, 0.717) is 16.6 Å². The van der Waals surface area contributed by atoms with Crippen LogP contribution in [0.5, 0.6) is 5.75 Å². The van der Waals surface area contributed by atoms with E-state index < -0.39 is 18.3 Å². The summed E-state index contributed by atoms with van der Waals surface area (Å²) < 4.78 is 12.1. The van der Waals surface area contributed by atoms with Gasteiger partial charge in [-0.1, -0.05) is 6.08 Å². The number of hydrogen-bond acceptors (Lipinski definition) is 5. The molecule has 1 saturated heterocycles. The maximum absolute atomic E-state index is 11.3. The van der Waals surface area contributed by atoms with Gasteiger partial charge in [-0.25, -0.2) is 0 Å². The molecule has 2 N–H and O–H groups in total. The topological polar surface area (TPSA) is 91.6 Å². The van der Waals surface area contributed by atoms with Crippen molar-refractivity contribution in [3.8, 4) is 11.8 Å². The number of carbonyl (C=O) groups is 1. The predicted molar refractivity (Wildman–Crippen MR) is 95.6 cm³/mol. The fraction of sp³-hybridized carbons (Fsp3) is 0.444. The summed E-state index contributed by atoms with van der Waals surface area (Å²) in [6.07, 6.45) is 1.69. The minimum atomic E-state index is -0.665. The summed E-state index contributed by atoms with van der Waals surface area (Å²) in [6.45, 7) is 9.40. The zero-order valence-corrected chi connectivity index (χ0v) is 15.2. The van der Waals surface area contributed by atoms with Gasteiger partial charge in [-0.2, -0.15) is 5.26 Å². The number of nitrogens with zero attached hydrogens (tertiary/aromatic N) is 1. The number of amides is 1. The monoisotopic (exact) mass is 342 g/mol. The van der Waals surface area contributed by atoms with Crippen LogP contribution >= 0.6 is 0 Å². The second kappa shape index (κ2) is 6.91. The second-order valence-corrected chi connectivity index (χ2v) is 7.10. The van der Waals surface area contributed by atoms with Crippen LogP contribution in [0.15, 0.2) is 23.7 Å². The van der Waals surface area contributed by atoms with Crippen LogP contribution in [-0.4, -0.2) is 35.9 Å². The van der Waals surface area contributed by atoms with Gasteiger partial charge in [0.2, 0.25) is 5.91 Å². The summed E-state index contributed by atoms with van der Waals surface area (Å²) in [5, 5.41) is 21.9. The Kier molecular flexibility index (Phi) is 5.26. The molecule has 1 fully saturated rings. The number of carbonyl (C=O) groups excluding carboxylic acids is 1. The lowest BCUT2D eigenvalue weighted by atomic mass is 9.76. The second-order valence-electron chi connectivity index (χ2n) is 7.10. The van der Waals surface area contributed by atoms with E-state index in [-0.39, 0.29) is 18.2 Å². The third-order valence-electron chi connectivity index (χ3n) is 4.59. The molecule has 0 atom stereocenters. The van der Waals surface area contributed by atoms with Crippen molar-refractivity contribution in [1.82, 2.24) is 5.32 Å². The smallest absolute Gasteiger partial charge is 0.492 e. The Labute approximate surface area is 148 Å². The molecule has 0 radical (unpaired) electrons. The SMILES string of the molecule is CC(=O)NCC(=Cc1cc(C#N)ccc1O)B1OC(C)(C)C(C)(C)O1. The number of aromatic hydroxyl groups is 1. The van der Waals surface area contributed by atoms with E-state index in [4.69, 9.17) is 14.6 Å². The number of rotatable bonds is 4. The molecule has 25 heavy (non-hydrogen) atoms. The van der Waals surface area contributed by atoms with E-state index in [1.54, 1.807) is 12.1 Å². The van der Waals surface area contributed by atoms with Crippen LogP contribution in [0.25, 0.3) is 6.08 Å². The first-order chi connectivity index (χ1) is 11.6. The van der Waals surface area contributed by atoms with Crippen LogP contribution < -0.4 is 5.32 Å². The van der Waals surface area contributed by atoms with Gasteiger partial charge in [0.15, 0.2) is 0 Å². The number of phenolic OH excluding ortho intramolecular Hbond substituents is 1. The third-order valence-corrected chi connectivity index (χ3v) is 4.59. The van der Waals surface area contributed by atoms with Crippen molar-refractivity contribution in [2.45, 2.75) is 45.8 Å². The van der Waals surface area contributed by atoms with Crippen LogP contribution in [0.1, 0.15) is 45.7 Å². The standard InChI is InChI=1S/C18H23BN2O4/c1-12(22)21-11-15(19-24-17(2,3)18(4,5)25-19)9-14-8-13(10-20)6-7-16(14)23/h6-9,23H,11H2,1-5H3,(H,21,22). The highest BCUT2D eigenvalue weighted by molar-refractivity contribution is 6.56. The summed E-state index contributed by atoms with van der Waals surface area (Å²) in [4.78, 5) is 11.3. The van der Waals surface area contributed by atoms with Crippen LogP contribution in [0.3, 0.4) is 0 Å². The lowest BCUT2D eigenvalue weighted by Gasteiger charge is -2.32. The number of nitrogens with one attached hydrogen (secondary N) is 1. The van der Waals surface area contributed by atoms with Crippen molar-refractivity contribution in [1.29, 1.82) is 5.26 Å². The maximum Gasteiger partial charge on any atom is 0.492 e. The van der Waals surface area contributed by atoms with E-state index in [2.05, 4.69) is 5.32 Å². The molecule has 1 heterocycles. The van der Waals surface area contributed by atoms with Gasteiger partial charge in [0.1, 0.15) is 5.75 Å². The van der Waals surface area contributed by atoms with Crippen LogP contribution in [0, 0.1) is 11.3 Å². The number of hydrogen-bond donors (Lipinski definition) is 2. The summed E-state index contributed by atoms with van der Waals surface area (Å²) in [5.41, 5.74) is 0.498. The van der Waals surface area contributed by atoms with E-state index >= 15 is 0 Å². The van der Waals surface area contributed by atoms with Crippen molar-refractivity contribution in [3.63, 3.8) is 0 Å². The minimum Gasteiger partial charge on any atom is -0.507 e. The highest BCUT2D eigenvalue weighted by Gasteiger charge is 2.52. The van der Waals surface area contributed by atoms with Crippen LogP contribution in [-0.2, 0) is 14.1 Å². The summed E-state index contributed by atoms with van der Waals surface area (Å²) in [7, 11) is -0.665. The molecule has 132 valence electrons. The van der Waals surface area contributed by atoms with Crippen LogP contribution in [0.2, 0.25) is 0 Å². The molecule has 1 aromatic rings. The fourth-order valence-corrected chi connectivity index (χ4v) is 2.36. The maximum atomic E-state index is 11.3. The molecule has 0 unspecified atom stereocenters. The normalized spacial score (nSPS) is 18.7. The molecular weight excluding hydrogens is 319 g/mol. The first kappa shape index (κ1) is 19.0. The Hall–Kier alpha value is -2.30. The molecule has 7 heteroatoms. The van der Waals surface area contributed by atoms with Gasteiger partial charge in [0.25, 0.3) is 0 Å². The first-order valence-corrected chi connectivity index (χ1v) is 8.09. The van der Waals surface area contributed by atoms with Gasteiger partial charge < -0.3 is 19.7 Å². The van der Waals surface area contributed by atoms with E-state index in [9.17, 15) is 9.90 Å². The van der Waals surface area contributed by atoms with E-state index in [1.165, 1.54) is 19.1 Å². The Morgan fingerprint density at radius 3 is 2.44 bits per heavy atom. The van der Waals surface area contributed by atoms with Crippen molar-refractivity contribution in [2.24, 2.45) is 0 Å². The van der Waals surface area contributed by atoms with Crippen molar-refractivity contribution in [3.05, 3.63) is 34.8 Å². The lowest BCUT2D eigenvalue weighted by molar-refractivity contribution is -0.118. The summed E-state index contributed by atoms with van der Waals surface area (Å²) in [5.74, 6) is -0.145. The van der Waals surface area contributed by atoms with Gasteiger partial charge in [0, 0.05) is 19.0 Å². The fourth-order valence-electron chi connectivity index (χ4n) is 2.36. The number of phenols is 1. The van der Waals surface area contributed by atoms with E-state index in [0.717, 1.165) is 0 Å². The lowest BCUT2D eigenvalue weighted by Crippen LogP contribution is -2.41. The summed E-state index contributed by atoms with van der Waals surface area (Å²) >= 11 is 0. The molecule has 1 amide bonds. The largest absolute Gasteiger partial charge is 0.507 e. The molecule has 0 aromatic heterocycles. The van der Waals surface area contributed by atoms with Crippen molar-refractivity contribution < 1.29 is 19.2 Å². The van der Waals surface area contributed by atoms with Gasteiger partial charge in [-0.15, -0.1) is 0 Å². The predicted octanol–water partition coefficient (Wildman–Crippen LogP) is 2.41. The molecule has 1 aromatic carbocycles. The highest BCUT2D eigenvalue weighted by atomic mass is 16.7. The average Bonchev–Trinajstić information content (AvgIpc) is 2.73. The zero-order chi connectivity index (χ0) is 18.8. The van der Waals surface area contributed by atoms with E-state index in [1.807, 2.05) is 33.8 Å². The Balaban J connectivity index is 2.40. The molecule has 1 aliphatic heterocycles. The number of benzene rings is 1. The molecule has 0 saturated carbocycles. The van der Waals surface area contributed by atoms with Crippen LogP contribution in [0.4, 0.5) is 0 Å². The quantitative estimate of drug-likeness (QED) is 0.820. The molecule has 1 aliphatic rings.